The van der Waals surface area contributed by atoms with E-state index in [0.717, 1.165) is 6.07 Å². The molecule has 0 aliphatic carbocycles. The van der Waals surface area contributed by atoms with Crippen LogP contribution < -0.4 is 19.6 Å². The molecule has 0 bridgehead atoms. The number of aliphatic hydroxyl groups is 6. The maximum Gasteiger partial charge on any atom is 0.239 e. The molecule has 0 spiro atoms. The maximum absolute atomic E-state index is 13.3. The Morgan fingerprint density at radius 1 is 0.778 bits per heavy atom. The monoisotopic (exact) mass is 638 g/mol. The molecule has 0 radical (unpaired) electrons. The minimum absolute atomic E-state index is 0.0615. The van der Waals surface area contributed by atoms with E-state index in [4.69, 9.17) is 32.8 Å². The van der Waals surface area contributed by atoms with E-state index in [-0.39, 0.29) is 39.7 Å². The summed E-state index contributed by atoms with van der Waals surface area (Å²) in [6.45, 7) is 0.937. The van der Waals surface area contributed by atoms with Gasteiger partial charge in [-0.25, -0.2) is 0 Å². The van der Waals surface area contributed by atoms with Gasteiger partial charge in [-0.05, 0) is 25.1 Å². The highest BCUT2D eigenvalue weighted by Crippen LogP contribution is 2.39. The molecule has 8 N–H and O–H groups in total. The van der Waals surface area contributed by atoms with Gasteiger partial charge in [-0.15, -0.1) is 0 Å². The molecule has 2 aliphatic rings. The summed E-state index contributed by atoms with van der Waals surface area (Å²) in [4.78, 5) is 13.3. The van der Waals surface area contributed by atoms with Crippen LogP contribution in [0.5, 0.6) is 28.7 Å². The summed E-state index contributed by atoms with van der Waals surface area (Å²) in [6, 6.07) is 6.44. The third-order valence-electron chi connectivity index (χ3n) is 7.71. The van der Waals surface area contributed by atoms with Crippen LogP contribution in [0.25, 0.3) is 22.3 Å². The van der Waals surface area contributed by atoms with Crippen molar-refractivity contribution < 1.29 is 73.7 Å². The number of hydrogen-bond donors (Lipinski definition) is 8. The summed E-state index contributed by atoms with van der Waals surface area (Å²) in [5, 5.41) is 82.1. The minimum Gasteiger partial charge on any atom is -0.507 e. The van der Waals surface area contributed by atoms with Crippen LogP contribution in [0, 0.1) is 0 Å². The minimum atomic E-state index is -1.80. The van der Waals surface area contributed by atoms with Gasteiger partial charge in [-0.3, -0.25) is 4.79 Å². The number of ether oxygens (including phenoxy) is 6. The molecule has 16 nitrogen and oxygen atoms in total. The first-order chi connectivity index (χ1) is 21.4. The molecule has 2 saturated heterocycles. The molecule has 3 aromatic rings. The van der Waals surface area contributed by atoms with E-state index in [2.05, 4.69) is 0 Å². The first-order valence-electron chi connectivity index (χ1n) is 13.8. The lowest BCUT2D eigenvalue weighted by Crippen LogP contribution is -2.61. The second kappa shape index (κ2) is 13.0. The van der Waals surface area contributed by atoms with Crippen molar-refractivity contribution in [3.63, 3.8) is 0 Å². The molecule has 5 rings (SSSR count). The predicted molar refractivity (Wildman–Crippen MR) is 150 cm³/mol. The first kappa shape index (κ1) is 32.7. The lowest BCUT2D eigenvalue weighted by molar-refractivity contribution is -0.318. The number of hydrogen-bond acceptors (Lipinski definition) is 16. The van der Waals surface area contributed by atoms with Crippen LogP contribution >= 0.6 is 0 Å². The topological polar surface area (TPSA) is 247 Å². The Hall–Kier alpha value is -3.71. The van der Waals surface area contributed by atoms with E-state index in [1.165, 1.54) is 45.4 Å². The molecule has 10 atom stereocenters. The molecule has 45 heavy (non-hydrogen) atoms. The van der Waals surface area contributed by atoms with Crippen LogP contribution in [-0.4, -0.2) is 123 Å². The number of aliphatic hydroxyl groups excluding tert-OH is 6. The standard InChI is InChI=1S/C29H34O16/c1-10-19(32)22(35)24(37)28(42-10)41-9-17-20(33)23(36)25(38)29(45-17)43-12-7-14(31)18-16(8-12)44-26(27(40-3)21(18)34)11-4-5-13(30)15(6-11)39-2/h4-8,10,17,19-20,22-25,28-33,35-38H,9H2,1-3H3/t10-,17-,19-,20-,22+,23-,24-,25-,28+,29+/m0/s1. The first-order valence-corrected chi connectivity index (χ1v) is 13.8. The second-order valence-corrected chi connectivity index (χ2v) is 10.6. The van der Waals surface area contributed by atoms with E-state index in [1.54, 1.807) is 0 Å². The number of methoxy groups -OCH3 is 2. The Bertz CT molecular complexity index is 1570. The highest BCUT2D eigenvalue weighted by molar-refractivity contribution is 5.88. The third kappa shape index (κ3) is 6.11. The van der Waals surface area contributed by atoms with Crippen LogP contribution in [0.4, 0.5) is 0 Å². The molecular formula is C29H34O16. The van der Waals surface area contributed by atoms with Crippen molar-refractivity contribution in [1.29, 1.82) is 0 Å². The summed E-state index contributed by atoms with van der Waals surface area (Å²) < 4.78 is 38.5. The van der Waals surface area contributed by atoms with Gasteiger partial charge in [-0.2, -0.15) is 0 Å². The summed E-state index contributed by atoms with van der Waals surface area (Å²) in [5.41, 5.74) is -0.601. The number of phenols is 2. The average Bonchev–Trinajstić information content (AvgIpc) is 3.01. The molecule has 0 unspecified atom stereocenters. The zero-order valence-electron chi connectivity index (χ0n) is 24.2. The second-order valence-electron chi connectivity index (χ2n) is 10.6. The van der Waals surface area contributed by atoms with Crippen LogP contribution in [0.1, 0.15) is 6.92 Å². The van der Waals surface area contributed by atoms with Crippen LogP contribution in [0.15, 0.2) is 39.5 Å². The van der Waals surface area contributed by atoms with E-state index in [1.807, 2.05) is 0 Å². The summed E-state index contributed by atoms with van der Waals surface area (Å²) >= 11 is 0. The van der Waals surface area contributed by atoms with E-state index < -0.39 is 79.2 Å². The van der Waals surface area contributed by atoms with Gasteiger partial charge >= 0.3 is 0 Å². The molecule has 1 aromatic heterocycles. The number of fused-ring (bicyclic) bond motifs is 1. The molecule has 3 heterocycles. The van der Waals surface area contributed by atoms with Gasteiger partial charge in [0, 0.05) is 17.7 Å². The average molecular weight is 639 g/mol. The van der Waals surface area contributed by atoms with Gasteiger partial charge in [0.15, 0.2) is 23.5 Å². The number of aromatic hydroxyl groups is 2. The Morgan fingerprint density at radius 2 is 1.47 bits per heavy atom. The van der Waals surface area contributed by atoms with E-state index >= 15 is 0 Å². The molecule has 2 aromatic carbocycles. The molecule has 0 amide bonds. The Balaban J connectivity index is 1.41. The lowest BCUT2D eigenvalue weighted by Gasteiger charge is -2.42. The van der Waals surface area contributed by atoms with Crippen molar-refractivity contribution in [2.45, 2.75) is 68.3 Å². The number of phenolic OH excluding ortho intramolecular Hbond substituents is 2. The van der Waals surface area contributed by atoms with Gasteiger partial charge in [-0.1, -0.05) is 0 Å². The zero-order valence-corrected chi connectivity index (χ0v) is 24.2. The van der Waals surface area contributed by atoms with Crippen molar-refractivity contribution in [1.82, 2.24) is 0 Å². The predicted octanol–water partition coefficient (Wildman–Crippen LogP) is -1.08. The smallest absolute Gasteiger partial charge is 0.239 e. The van der Waals surface area contributed by atoms with Gasteiger partial charge < -0.3 is 73.7 Å². The van der Waals surface area contributed by atoms with E-state index in [0.29, 0.717) is 5.56 Å². The Kier molecular flexibility index (Phi) is 9.41. The summed E-state index contributed by atoms with van der Waals surface area (Å²) in [7, 11) is 2.58. The quantitative estimate of drug-likeness (QED) is 0.146. The van der Waals surface area contributed by atoms with Crippen molar-refractivity contribution in [3.8, 4) is 40.1 Å². The molecule has 2 aliphatic heterocycles. The largest absolute Gasteiger partial charge is 0.507 e. The normalized spacial score (nSPS) is 31.9. The highest BCUT2D eigenvalue weighted by Gasteiger charge is 2.47. The SMILES string of the molecule is COc1cc(-c2oc3cc(O[C@@H]4O[C@@H](CO[C@@H]5O[C@@H](C)[C@H](O)[C@@H](O)[C@@H]5O)[C@H](O)[C@H](O)[C@@H]4O)cc(O)c3c(=O)c2OC)ccc1O. The molecular weight excluding hydrogens is 604 g/mol. The number of benzene rings is 2. The molecule has 16 heteroatoms. The van der Waals surface area contributed by atoms with Gasteiger partial charge in [0.1, 0.15) is 65.2 Å². The van der Waals surface area contributed by atoms with Gasteiger partial charge in [0.25, 0.3) is 0 Å². The highest BCUT2D eigenvalue weighted by atomic mass is 16.7. The van der Waals surface area contributed by atoms with Gasteiger partial charge in [0.05, 0.1) is 26.9 Å². The molecule has 0 saturated carbocycles. The maximum atomic E-state index is 13.3. The number of rotatable bonds is 8. The third-order valence-corrected chi connectivity index (χ3v) is 7.71. The fourth-order valence-electron chi connectivity index (χ4n) is 5.15. The van der Waals surface area contributed by atoms with Crippen molar-refractivity contribution in [3.05, 3.63) is 40.6 Å². The summed E-state index contributed by atoms with van der Waals surface area (Å²) in [5.74, 6) is -1.12. The summed E-state index contributed by atoms with van der Waals surface area (Å²) in [6.07, 6.45) is -15.2. The zero-order chi connectivity index (χ0) is 32.7. The van der Waals surface area contributed by atoms with Crippen molar-refractivity contribution in [2.75, 3.05) is 20.8 Å². The Morgan fingerprint density at radius 3 is 2.16 bits per heavy atom. The lowest BCUT2D eigenvalue weighted by atomic mass is 9.98. The fourth-order valence-corrected chi connectivity index (χ4v) is 5.15. The molecule has 2 fully saturated rings. The Labute approximate surface area is 254 Å². The van der Waals surface area contributed by atoms with Gasteiger partial charge in [0.2, 0.25) is 17.5 Å². The fraction of sp³-hybridized carbons (Fsp3) is 0.483. The van der Waals surface area contributed by atoms with Crippen LogP contribution in [-0.2, 0) is 14.2 Å². The van der Waals surface area contributed by atoms with Crippen molar-refractivity contribution >= 4 is 11.0 Å². The van der Waals surface area contributed by atoms with Crippen LogP contribution in [0.2, 0.25) is 0 Å². The van der Waals surface area contributed by atoms with E-state index in [9.17, 15) is 45.6 Å². The van der Waals surface area contributed by atoms with Crippen LogP contribution in [0.3, 0.4) is 0 Å². The van der Waals surface area contributed by atoms with Crippen molar-refractivity contribution in [2.24, 2.45) is 0 Å². The molecule has 246 valence electrons.